The molecule has 0 fully saturated rings. The van der Waals surface area contributed by atoms with E-state index >= 15 is 0 Å². The molecule has 2 aromatic rings. The number of allylic oxidation sites excluding steroid dienone is 1. The van der Waals surface area contributed by atoms with Gasteiger partial charge in [0.1, 0.15) is 17.2 Å². The highest BCUT2D eigenvalue weighted by Gasteiger charge is 2.09. The van der Waals surface area contributed by atoms with Crippen LogP contribution in [0.3, 0.4) is 0 Å². The minimum atomic E-state index is -0.466. The van der Waals surface area contributed by atoms with E-state index in [0.717, 1.165) is 0 Å². The molecule has 0 radical (unpaired) electrons. The van der Waals surface area contributed by atoms with Gasteiger partial charge in [0.05, 0.1) is 5.56 Å². The van der Waals surface area contributed by atoms with Gasteiger partial charge in [-0.05, 0) is 36.4 Å². The summed E-state index contributed by atoms with van der Waals surface area (Å²) in [7, 11) is 0. The maximum absolute atomic E-state index is 12.0. The Kier molecular flexibility index (Phi) is 4.58. The summed E-state index contributed by atoms with van der Waals surface area (Å²) in [6.45, 7) is -0.466. The van der Waals surface area contributed by atoms with E-state index in [1.54, 1.807) is 24.3 Å². The molecule has 0 aliphatic heterocycles. The summed E-state index contributed by atoms with van der Waals surface area (Å²) < 4.78 is 5.02. The number of aliphatic hydroxyl groups excluding tert-OH is 1. The Morgan fingerprint density at radius 2 is 1.90 bits per heavy atom. The molecule has 0 unspecified atom stereocenters. The molecular formula is C16H14O5. The Morgan fingerprint density at radius 1 is 1.14 bits per heavy atom. The highest BCUT2D eigenvalue weighted by Crippen LogP contribution is 2.24. The fourth-order valence-corrected chi connectivity index (χ4v) is 1.80. The van der Waals surface area contributed by atoms with Crippen molar-refractivity contribution >= 4 is 11.9 Å². The van der Waals surface area contributed by atoms with Gasteiger partial charge in [-0.2, -0.15) is 0 Å². The van der Waals surface area contributed by atoms with Gasteiger partial charge in [0.25, 0.3) is 0 Å². The van der Waals surface area contributed by atoms with Crippen molar-refractivity contribution in [3.63, 3.8) is 0 Å². The van der Waals surface area contributed by atoms with E-state index in [2.05, 4.69) is 0 Å². The van der Waals surface area contributed by atoms with Crippen molar-refractivity contribution in [1.29, 1.82) is 0 Å². The van der Waals surface area contributed by atoms with Gasteiger partial charge in [-0.1, -0.05) is 18.2 Å². The summed E-state index contributed by atoms with van der Waals surface area (Å²) in [5, 5.41) is 27.8. The smallest absolute Gasteiger partial charge is 0.189 e. The Hall–Kier alpha value is -2.79. The van der Waals surface area contributed by atoms with Crippen LogP contribution in [-0.4, -0.2) is 27.9 Å². The molecule has 108 valence electrons. The molecule has 0 heterocycles. The second-order valence-corrected chi connectivity index (χ2v) is 4.21. The van der Waals surface area contributed by atoms with Gasteiger partial charge in [0.2, 0.25) is 0 Å². The van der Waals surface area contributed by atoms with Gasteiger partial charge in [-0.25, -0.2) is 0 Å². The van der Waals surface area contributed by atoms with Gasteiger partial charge in [-0.3, -0.25) is 4.79 Å². The van der Waals surface area contributed by atoms with Crippen LogP contribution in [0.25, 0.3) is 6.08 Å². The molecule has 5 heteroatoms. The van der Waals surface area contributed by atoms with E-state index in [-0.39, 0.29) is 17.1 Å². The van der Waals surface area contributed by atoms with Crippen LogP contribution in [-0.2, 0) is 0 Å². The molecule has 2 rings (SSSR count). The number of benzene rings is 2. The maximum atomic E-state index is 12.0. The number of carbonyl (C=O) groups excluding carboxylic acids is 1. The molecule has 0 saturated heterocycles. The van der Waals surface area contributed by atoms with Crippen molar-refractivity contribution in [2.45, 2.75) is 0 Å². The lowest BCUT2D eigenvalue weighted by Gasteiger charge is -2.05. The molecule has 0 aliphatic rings. The van der Waals surface area contributed by atoms with Crippen LogP contribution >= 0.6 is 0 Å². The Morgan fingerprint density at radius 3 is 2.67 bits per heavy atom. The predicted octanol–water partition coefficient (Wildman–Crippen LogP) is 2.32. The average Bonchev–Trinajstić information content (AvgIpc) is 2.49. The number of carbonyl (C=O) groups is 1. The molecular weight excluding hydrogens is 272 g/mol. The summed E-state index contributed by atoms with van der Waals surface area (Å²) in [5.74, 6) is -0.331. The minimum Gasteiger partial charge on any atom is -0.508 e. The summed E-state index contributed by atoms with van der Waals surface area (Å²) in [4.78, 5) is 12.0. The number of hydrogen-bond acceptors (Lipinski definition) is 5. The third-order valence-corrected chi connectivity index (χ3v) is 2.80. The van der Waals surface area contributed by atoms with Crippen LogP contribution in [0.15, 0.2) is 48.5 Å². The minimum absolute atomic E-state index is 0.00630. The second kappa shape index (κ2) is 6.58. The molecule has 21 heavy (non-hydrogen) atoms. The standard InChI is InChI=1S/C16H14O5/c17-10-21-16-4-2-1-3-11(16)5-7-14(19)13-9-12(18)6-8-15(13)20/h1-9,17-18,20H,10H2/b7-5+. The molecule has 0 amide bonds. The number of rotatable bonds is 5. The van der Waals surface area contributed by atoms with Crippen LogP contribution in [0.2, 0.25) is 0 Å². The predicted molar refractivity (Wildman–Crippen MR) is 77.3 cm³/mol. The van der Waals surface area contributed by atoms with E-state index in [1.165, 1.54) is 30.4 Å². The summed E-state index contributed by atoms with van der Waals surface area (Å²) in [5.41, 5.74) is 0.617. The zero-order chi connectivity index (χ0) is 15.2. The highest BCUT2D eigenvalue weighted by molar-refractivity contribution is 6.08. The lowest BCUT2D eigenvalue weighted by Crippen LogP contribution is -1.97. The zero-order valence-corrected chi connectivity index (χ0v) is 11.1. The molecule has 3 N–H and O–H groups in total. The first kappa shape index (κ1) is 14.6. The van der Waals surface area contributed by atoms with E-state index in [4.69, 9.17) is 9.84 Å². The van der Waals surface area contributed by atoms with Crippen molar-refractivity contribution in [2.75, 3.05) is 6.79 Å². The van der Waals surface area contributed by atoms with Gasteiger partial charge in [-0.15, -0.1) is 0 Å². The number of para-hydroxylation sites is 1. The number of aliphatic hydroxyl groups is 1. The van der Waals surface area contributed by atoms with Crippen molar-refractivity contribution < 1.29 is 24.9 Å². The van der Waals surface area contributed by atoms with E-state index in [1.807, 2.05) is 0 Å². The Labute approximate surface area is 121 Å². The molecule has 5 nitrogen and oxygen atoms in total. The number of phenolic OH excluding ortho intramolecular Hbond substituents is 2. The first-order chi connectivity index (χ1) is 10.1. The summed E-state index contributed by atoms with van der Waals surface area (Å²) >= 11 is 0. The quantitative estimate of drug-likeness (QED) is 0.340. The van der Waals surface area contributed by atoms with Crippen LogP contribution in [0.4, 0.5) is 0 Å². The average molecular weight is 286 g/mol. The molecule has 2 aromatic carbocycles. The van der Waals surface area contributed by atoms with Crippen LogP contribution in [0.5, 0.6) is 17.2 Å². The normalized spacial score (nSPS) is 10.7. The second-order valence-electron chi connectivity index (χ2n) is 4.21. The number of ketones is 1. The number of aromatic hydroxyl groups is 2. The molecule has 0 aliphatic carbocycles. The highest BCUT2D eigenvalue weighted by atomic mass is 16.6. The largest absolute Gasteiger partial charge is 0.508 e. The Bertz CT molecular complexity index is 676. The SMILES string of the molecule is O=C(/C=C/c1ccccc1OCO)c1cc(O)ccc1O. The van der Waals surface area contributed by atoms with Crippen molar-refractivity contribution in [2.24, 2.45) is 0 Å². The Balaban J connectivity index is 2.25. The van der Waals surface area contributed by atoms with Gasteiger partial charge in [0.15, 0.2) is 12.6 Å². The first-order valence-corrected chi connectivity index (χ1v) is 6.19. The van der Waals surface area contributed by atoms with E-state index in [0.29, 0.717) is 11.3 Å². The number of ether oxygens (including phenoxy) is 1. The first-order valence-electron chi connectivity index (χ1n) is 6.19. The summed E-state index contributed by atoms with van der Waals surface area (Å²) in [6.07, 6.45) is 2.77. The lowest BCUT2D eigenvalue weighted by atomic mass is 10.1. The molecule has 0 spiro atoms. The molecule has 0 bridgehead atoms. The van der Waals surface area contributed by atoms with Crippen LogP contribution in [0, 0.1) is 0 Å². The topological polar surface area (TPSA) is 87.0 Å². The molecule has 0 aromatic heterocycles. The van der Waals surface area contributed by atoms with E-state index < -0.39 is 12.6 Å². The maximum Gasteiger partial charge on any atom is 0.189 e. The zero-order valence-electron chi connectivity index (χ0n) is 11.1. The van der Waals surface area contributed by atoms with Crippen molar-refractivity contribution in [1.82, 2.24) is 0 Å². The van der Waals surface area contributed by atoms with E-state index in [9.17, 15) is 15.0 Å². The summed E-state index contributed by atoms with van der Waals surface area (Å²) in [6, 6.07) is 10.6. The van der Waals surface area contributed by atoms with Gasteiger partial charge >= 0.3 is 0 Å². The van der Waals surface area contributed by atoms with Crippen LogP contribution in [0.1, 0.15) is 15.9 Å². The van der Waals surface area contributed by atoms with Crippen molar-refractivity contribution in [3.05, 3.63) is 59.7 Å². The van der Waals surface area contributed by atoms with Gasteiger partial charge < -0.3 is 20.1 Å². The molecule has 0 atom stereocenters. The third kappa shape index (κ3) is 3.61. The van der Waals surface area contributed by atoms with Crippen molar-refractivity contribution in [3.8, 4) is 17.2 Å². The lowest BCUT2D eigenvalue weighted by molar-refractivity contribution is 0.0983. The number of hydrogen-bond donors (Lipinski definition) is 3. The molecule has 0 saturated carbocycles. The monoisotopic (exact) mass is 286 g/mol. The van der Waals surface area contributed by atoms with Crippen LogP contribution < -0.4 is 4.74 Å². The fraction of sp³-hybridized carbons (Fsp3) is 0.0625. The fourth-order valence-electron chi connectivity index (χ4n) is 1.80. The third-order valence-electron chi connectivity index (χ3n) is 2.80. The van der Waals surface area contributed by atoms with Gasteiger partial charge in [0, 0.05) is 5.56 Å². The number of phenols is 2.